The van der Waals surface area contributed by atoms with E-state index < -0.39 is 18.1 Å². The fourth-order valence-corrected chi connectivity index (χ4v) is 3.65. The predicted octanol–water partition coefficient (Wildman–Crippen LogP) is 3.69. The maximum absolute atomic E-state index is 12.0. The van der Waals surface area contributed by atoms with Gasteiger partial charge in [0.25, 0.3) is 0 Å². The van der Waals surface area contributed by atoms with Gasteiger partial charge in [0.15, 0.2) is 0 Å². The molecule has 0 radical (unpaired) electrons. The second-order valence-electron chi connectivity index (χ2n) is 6.17. The number of hydrogen-bond acceptors (Lipinski definition) is 4. The summed E-state index contributed by atoms with van der Waals surface area (Å²) in [5.41, 5.74) is 5.77. The number of amides is 1. The summed E-state index contributed by atoms with van der Waals surface area (Å²) in [6.45, 7) is 0.123. The molecule has 6 heteroatoms. The molecule has 1 unspecified atom stereocenters. The van der Waals surface area contributed by atoms with Crippen molar-refractivity contribution >= 4 is 23.8 Å². The first-order valence-corrected chi connectivity index (χ1v) is 9.83. The Morgan fingerprint density at radius 2 is 1.96 bits per heavy atom. The number of thioether (sulfide) groups is 1. The van der Waals surface area contributed by atoms with E-state index in [1.165, 1.54) is 34.0 Å². The Morgan fingerprint density at radius 3 is 2.73 bits per heavy atom. The van der Waals surface area contributed by atoms with Crippen LogP contribution in [0.3, 0.4) is 0 Å². The molecule has 0 saturated heterocycles. The van der Waals surface area contributed by atoms with E-state index in [0.717, 1.165) is 12.0 Å². The first-order chi connectivity index (χ1) is 12.6. The normalized spacial score (nSPS) is 12.8. The molecule has 0 aliphatic heterocycles. The fourth-order valence-electron chi connectivity index (χ4n) is 3.18. The Bertz CT molecular complexity index is 821. The van der Waals surface area contributed by atoms with Gasteiger partial charge in [-0.15, -0.1) is 0 Å². The molecule has 0 aromatic heterocycles. The highest BCUT2D eigenvalue weighted by Gasteiger charge is 2.22. The molecule has 2 N–H and O–H groups in total. The standard InChI is InChI=1S/C20H21NO4S/c1-26-10-9-18(19(22)23)21-20(24)25-12-14-6-4-8-16-15-7-3-2-5-13(15)11-17(14)16/h2-8,18H,9-12H2,1H3,(H,21,24)(H,22,23). The lowest BCUT2D eigenvalue weighted by Crippen LogP contribution is -2.41. The van der Waals surface area contributed by atoms with Crippen LogP contribution in [0.15, 0.2) is 42.5 Å². The summed E-state index contributed by atoms with van der Waals surface area (Å²) in [6, 6.07) is 13.3. The van der Waals surface area contributed by atoms with Crippen molar-refractivity contribution in [3.63, 3.8) is 0 Å². The lowest BCUT2D eigenvalue weighted by atomic mass is 10.0. The van der Waals surface area contributed by atoms with Crippen LogP contribution in [0.4, 0.5) is 4.79 Å². The molecule has 2 aromatic rings. The number of fused-ring (bicyclic) bond motifs is 3. The third-order valence-electron chi connectivity index (χ3n) is 4.51. The zero-order valence-electron chi connectivity index (χ0n) is 14.5. The van der Waals surface area contributed by atoms with Crippen molar-refractivity contribution in [3.05, 3.63) is 59.2 Å². The zero-order chi connectivity index (χ0) is 18.5. The number of nitrogens with one attached hydrogen (secondary N) is 1. The topological polar surface area (TPSA) is 75.6 Å². The summed E-state index contributed by atoms with van der Waals surface area (Å²) < 4.78 is 5.29. The maximum atomic E-state index is 12.0. The van der Waals surface area contributed by atoms with Gasteiger partial charge in [-0.05, 0) is 52.7 Å². The van der Waals surface area contributed by atoms with E-state index in [9.17, 15) is 14.7 Å². The molecule has 2 aromatic carbocycles. The van der Waals surface area contributed by atoms with Crippen molar-refractivity contribution in [1.29, 1.82) is 0 Å². The molecule has 0 spiro atoms. The summed E-state index contributed by atoms with van der Waals surface area (Å²) in [7, 11) is 0. The van der Waals surface area contributed by atoms with Crippen molar-refractivity contribution in [1.82, 2.24) is 5.32 Å². The average molecular weight is 371 g/mol. The predicted molar refractivity (Wildman–Crippen MR) is 102 cm³/mol. The van der Waals surface area contributed by atoms with Crippen LogP contribution in [0.25, 0.3) is 11.1 Å². The minimum Gasteiger partial charge on any atom is -0.480 e. The van der Waals surface area contributed by atoms with Gasteiger partial charge < -0.3 is 15.2 Å². The van der Waals surface area contributed by atoms with Gasteiger partial charge in [-0.1, -0.05) is 42.5 Å². The van der Waals surface area contributed by atoms with Crippen LogP contribution in [0.5, 0.6) is 0 Å². The second kappa shape index (κ2) is 8.27. The van der Waals surface area contributed by atoms with E-state index in [1.807, 2.05) is 30.5 Å². The van der Waals surface area contributed by atoms with Gasteiger partial charge in [0.2, 0.25) is 0 Å². The van der Waals surface area contributed by atoms with Crippen LogP contribution in [0.2, 0.25) is 0 Å². The van der Waals surface area contributed by atoms with Gasteiger partial charge in [0.05, 0.1) is 0 Å². The molecule has 1 aliphatic carbocycles. The van der Waals surface area contributed by atoms with E-state index in [2.05, 4.69) is 23.5 Å². The number of ether oxygens (including phenoxy) is 1. The molecule has 1 atom stereocenters. The van der Waals surface area contributed by atoms with Crippen LogP contribution in [-0.2, 0) is 22.6 Å². The van der Waals surface area contributed by atoms with Crippen molar-refractivity contribution < 1.29 is 19.4 Å². The number of rotatable bonds is 7. The van der Waals surface area contributed by atoms with Gasteiger partial charge >= 0.3 is 12.1 Å². The number of carboxylic acid groups (broad SMARTS) is 1. The molecule has 0 heterocycles. The summed E-state index contributed by atoms with van der Waals surface area (Å²) in [4.78, 5) is 23.2. The Kier molecular flexibility index (Phi) is 5.83. The van der Waals surface area contributed by atoms with Gasteiger partial charge in [-0.25, -0.2) is 9.59 Å². The smallest absolute Gasteiger partial charge is 0.408 e. The number of hydrogen-bond donors (Lipinski definition) is 2. The third-order valence-corrected chi connectivity index (χ3v) is 5.15. The summed E-state index contributed by atoms with van der Waals surface area (Å²) in [5.74, 6) is -0.395. The lowest BCUT2D eigenvalue weighted by Gasteiger charge is -2.15. The molecule has 0 saturated carbocycles. The van der Waals surface area contributed by atoms with Crippen LogP contribution >= 0.6 is 11.8 Å². The largest absolute Gasteiger partial charge is 0.480 e. The zero-order valence-corrected chi connectivity index (χ0v) is 15.3. The molecule has 26 heavy (non-hydrogen) atoms. The molecular formula is C20H21NO4S. The number of carboxylic acids is 1. The maximum Gasteiger partial charge on any atom is 0.408 e. The highest BCUT2D eigenvalue weighted by atomic mass is 32.2. The van der Waals surface area contributed by atoms with E-state index in [0.29, 0.717) is 12.2 Å². The Labute approximate surface area is 156 Å². The number of benzene rings is 2. The monoisotopic (exact) mass is 371 g/mol. The molecule has 136 valence electrons. The minimum atomic E-state index is -1.05. The van der Waals surface area contributed by atoms with Gasteiger partial charge in [-0.3, -0.25) is 0 Å². The number of carbonyl (C=O) groups excluding carboxylic acids is 1. The Hall–Kier alpha value is -2.47. The van der Waals surface area contributed by atoms with E-state index in [1.54, 1.807) is 0 Å². The Balaban J connectivity index is 1.64. The SMILES string of the molecule is CSCCC(NC(=O)OCc1cccc2c1Cc1ccccc1-2)C(=O)O. The molecule has 0 bridgehead atoms. The molecule has 0 fully saturated rings. The number of alkyl carbamates (subject to hydrolysis) is 1. The molecule has 1 aliphatic rings. The number of aliphatic carboxylic acids is 1. The summed E-state index contributed by atoms with van der Waals surface area (Å²) in [5, 5.41) is 11.6. The van der Waals surface area contributed by atoms with Gasteiger partial charge in [0, 0.05) is 0 Å². The van der Waals surface area contributed by atoms with Crippen LogP contribution in [-0.4, -0.2) is 35.2 Å². The average Bonchev–Trinajstić information content (AvgIpc) is 3.02. The summed E-state index contributed by atoms with van der Waals surface area (Å²) >= 11 is 1.54. The van der Waals surface area contributed by atoms with E-state index >= 15 is 0 Å². The molecule has 1 amide bonds. The van der Waals surface area contributed by atoms with Crippen molar-refractivity contribution in [2.75, 3.05) is 12.0 Å². The molecule has 3 rings (SSSR count). The second-order valence-corrected chi connectivity index (χ2v) is 7.16. The van der Waals surface area contributed by atoms with Crippen molar-refractivity contribution in [2.24, 2.45) is 0 Å². The van der Waals surface area contributed by atoms with Crippen LogP contribution < -0.4 is 5.32 Å². The summed E-state index contributed by atoms with van der Waals surface area (Å²) in [6.07, 6.45) is 2.37. The Morgan fingerprint density at radius 1 is 1.19 bits per heavy atom. The van der Waals surface area contributed by atoms with Gasteiger partial charge in [-0.2, -0.15) is 11.8 Å². The quantitative estimate of drug-likeness (QED) is 0.662. The highest BCUT2D eigenvalue weighted by molar-refractivity contribution is 7.98. The fraction of sp³-hybridized carbons (Fsp3) is 0.300. The molecule has 5 nitrogen and oxygen atoms in total. The van der Waals surface area contributed by atoms with Gasteiger partial charge in [0.1, 0.15) is 12.6 Å². The number of carbonyl (C=O) groups is 2. The lowest BCUT2D eigenvalue weighted by molar-refractivity contribution is -0.139. The minimum absolute atomic E-state index is 0.123. The van der Waals surface area contributed by atoms with E-state index in [-0.39, 0.29) is 6.61 Å². The molecular weight excluding hydrogens is 350 g/mol. The van der Waals surface area contributed by atoms with Crippen molar-refractivity contribution in [3.8, 4) is 11.1 Å². The first-order valence-electron chi connectivity index (χ1n) is 8.44. The van der Waals surface area contributed by atoms with Crippen molar-refractivity contribution in [2.45, 2.75) is 25.5 Å². The van der Waals surface area contributed by atoms with Crippen LogP contribution in [0, 0.1) is 0 Å². The highest BCUT2D eigenvalue weighted by Crippen LogP contribution is 2.38. The van der Waals surface area contributed by atoms with E-state index in [4.69, 9.17) is 4.74 Å². The third kappa shape index (κ3) is 4.02. The van der Waals surface area contributed by atoms with Crippen LogP contribution in [0.1, 0.15) is 23.1 Å². The first kappa shape index (κ1) is 18.3.